The molecule has 0 aliphatic rings. The van der Waals surface area contributed by atoms with Gasteiger partial charge in [0.15, 0.2) is 0 Å². The van der Waals surface area contributed by atoms with E-state index in [2.05, 4.69) is 34.7 Å². The topological polar surface area (TPSA) is 54.0 Å². The first kappa shape index (κ1) is 14.1. The molecule has 2 N–H and O–H groups in total. The molecule has 0 spiro atoms. The number of nitrogens with zero attached hydrogens (tertiary/aromatic N) is 1. The van der Waals surface area contributed by atoms with Gasteiger partial charge < -0.3 is 10.6 Å². The molecular weight excluding hydrogens is 250 g/mol. The van der Waals surface area contributed by atoms with Crippen LogP contribution in [-0.2, 0) is 6.42 Å². The van der Waals surface area contributed by atoms with Gasteiger partial charge in [-0.05, 0) is 30.5 Å². The molecule has 0 atom stereocenters. The van der Waals surface area contributed by atoms with E-state index in [1.165, 1.54) is 11.1 Å². The van der Waals surface area contributed by atoms with Gasteiger partial charge in [-0.1, -0.05) is 24.3 Å². The molecule has 1 amide bonds. The number of hydrogen-bond donors (Lipinski definition) is 2. The van der Waals surface area contributed by atoms with Crippen LogP contribution in [0.5, 0.6) is 0 Å². The fourth-order valence-electron chi connectivity index (χ4n) is 2.09. The molecule has 1 aromatic heterocycles. The van der Waals surface area contributed by atoms with Crippen LogP contribution in [0.2, 0.25) is 0 Å². The van der Waals surface area contributed by atoms with Crippen molar-refractivity contribution in [3.8, 4) is 0 Å². The number of pyridine rings is 1. The Balaban J connectivity index is 1.94. The van der Waals surface area contributed by atoms with Gasteiger partial charge in [-0.3, -0.25) is 9.78 Å². The van der Waals surface area contributed by atoms with Crippen molar-refractivity contribution in [2.75, 3.05) is 18.9 Å². The Morgan fingerprint density at radius 2 is 2.05 bits per heavy atom. The summed E-state index contributed by atoms with van der Waals surface area (Å²) in [4.78, 5) is 16.1. The van der Waals surface area contributed by atoms with Crippen LogP contribution in [0, 0.1) is 6.92 Å². The van der Waals surface area contributed by atoms with Gasteiger partial charge >= 0.3 is 0 Å². The molecule has 0 saturated carbocycles. The van der Waals surface area contributed by atoms with Crippen molar-refractivity contribution in [2.45, 2.75) is 13.3 Å². The predicted octanol–water partition coefficient (Wildman–Crippen LogP) is 2.40. The number of hydrogen-bond acceptors (Lipinski definition) is 3. The minimum atomic E-state index is -0.101. The van der Waals surface area contributed by atoms with E-state index in [4.69, 9.17) is 0 Å². The largest absolute Gasteiger partial charge is 0.387 e. The average molecular weight is 269 g/mol. The van der Waals surface area contributed by atoms with Crippen molar-refractivity contribution in [1.82, 2.24) is 10.3 Å². The van der Waals surface area contributed by atoms with Crippen LogP contribution in [-0.4, -0.2) is 24.5 Å². The van der Waals surface area contributed by atoms with E-state index in [1.54, 1.807) is 25.5 Å². The van der Waals surface area contributed by atoms with Gasteiger partial charge in [0.05, 0.1) is 5.56 Å². The summed E-state index contributed by atoms with van der Waals surface area (Å²) in [5.41, 5.74) is 3.86. The van der Waals surface area contributed by atoms with Crippen LogP contribution in [0.4, 0.5) is 5.69 Å². The van der Waals surface area contributed by atoms with E-state index in [9.17, 15) is 4.79 Å². The van der Waals surface area contributed by atoms with Crippen LogP contribution in [0.25, 0.3) is 0 Å². The van der Waals surface area contributed by atoms with Gasteiger partial charge in [-0.25, -0.2) is 0 Å². The molecule has 0 bridgehead atoms. The lowest BCUT2D eigenvalue weighted by Gasteiger charge is -2.10. The molecule has 2 aromatic rings. The normalized spacial score (nSPS) is 10.1. The van der Waals surface area contributed by atoms with Crippen LogP contribution in [0.3, 0.4) is 0 Å². The summed E-state index contributed by atoms with van der Waals surface area (Å²) < 4.78 is 0. The second-order valence-electron chi connectivity index (χ2n) is 4.60. The maximum atomic E-state index is 12.1. The van der Waals surface area contributed by atoms with E-state index in [1.807, 2.05) is 12.1 Å². The Bertz CT molecular complexity index is 596. The molecule has 2 rings (SSSR count). The SMILES string of the molecule is CNc1ccncc1C(=O)NCCc1ccccc1C. The number of anilines is 1. The molecule has 0 radical (unpaired) electrons. The molecule has 0 fully saturated rings. The number of carbonyl (C=O) groups excluding carboxylic acids is 1. The fourth-order valence-corrected chi connectivity index (χ4v) is 2.09. The quantitative estimate of drug-likeness (QED) is 0.876. The van der Waals surface area contributed by atoms with Gasteiger partial charge in [0.25, 0.3) is 5.91 Å². The Labute approximate surface area is 119 Å². The molecule has 0 aliphatic heterocycles. The zero-order valence-electron chi connectivity index (χ0n) is 11.8. The van der Waals surface area contributed by atoms with E-state index < -0.39 is 0 Å². The first-order valence-electron chi connectivity index (χ1n) is 6.67. The predicted molar refractivity (Wildman–Crippen MR) is 81.0 cm³/mol. The Morgan fingerprint density at radius 1 is 1.25 bits per heavy atom. The molecule has 1 heterocycles. The molecule has 4 nitrogen and oxygen atoms in total. The maximum absolute atomic E-state index is 12.1. The highest BCUT2D eigenvalue weighted by atomic mass is 16.1. The third kappa shape index (κ3) is 3.35. The number of carbonyl (C=O) groups is 1. The summed E-state index contributed by atoms with van der Waals surface area (Å²) in [6.07, 6.45) is 4.07. The van der Waals surface area contributed by atoms with Crippen LogP contribution < -0.4 is 10.6 Å². The Hall–Kier alpha value is -2.36. The van der Waals surface area contributed by atoms with Crippen molar-refractivity contribution in [1.29, 1.82) is 0 Å². The fraction of sp³-hybridized carbons (Fsp3) is 0.250. The summed E-state index contributed by atoms with van der Waals surface area (Å²) >= 11 is 0. The minimum Gasteiger partial charge on any atom is -0.387 e. The summed E-state index contributed by atoms with van der Waals surface area (Å²) in [7, 11) is 1.79. The van der Waals surface area contributed by atoms with Crippen LogP contribution in [0.1, 0.15) is 21.5 Å². The lowest BCUT2D eigenvalue weighted by Crippen LogP contribution is -2.26. The van der Waals surface area contributed by atoms with Gasteiger partial charge in [-0.15, -0.1) is 0 Å². The molecule has 4 heteroatoms. The Kier molecular flexibility index (Phi) is 4.71. The van der Waals surface area contributed by atoms with E-state index in [0.717, 1.165) is 12.1 Å². The third-order valence-electron chi connectivity index (χ3n) is 3.28. The molecule has 104 valence electrons. The summed E-state index contributed by atoms with van der Waals surface area (Å²) in [6, 6.07) is 9.99. The number of nitrogens with one attached hydrogen (secondary N) is 2. The molecule has 0 unspecified atom stereocenters. The molecular formula is C16H19N3O. The summed E-state index contributed by atoms with van der Waals surface area (Å²) in [5, 5.41) is 5.92. The number of aryl methyl sites for hydroxylation is 1. The van der Waals surface area contributed by atoms with Crippen molar-refractivity contribution in [3.05, 3.63) is 59.4 Å². The average Bonchev–Trinajstić information content (AvgIpc) is 2.49. The highest BCUT2D eigenvalue weighted by Gasteiger charge is 2.10. The lowest BCUT2D eigenvalue weighted by molar-refractivity contribution is 0.0954. The van der Waals surface area contributed by atoms with Crippen LogP contribution in [0.15, 0.2) is 42.7 Å². The second kappa shape index (κ2) is 6.70. The van der Waals surface area contributed by atoms with Gasteiger partial charge in [0.1, 0.15) is 0 Å². The molecule has 1 aromatic carbocycles. The Morgan fingerprint density at radius 3 is 2.80 bits per heavy atom. The maximum Gasteiger partial charge on any atom is 0.254 e. The third-order valence-corrected chi connectivity index (χ3v) is 3.28. The standard InChI is InChI=1S/C16H19N3O/c1-12-5-3-4-6-13(12)7-10-19-16(20)14-11-18-9-8-15(14)17-2/h3-6,8-9,11H,7,10H2,1-2H3,(H,17,18)(H,19,20). The van der Waals surface area contributed by atoms with Crippen molar-refractivity contribution in [3.63, 3.8) is 0 Å². The number of benzene rings is 1. The zero-order valence-corrected chi connectivity index (χ0v) is 11.8. The van der Waals surface area contributed by atoms with E-state index in [-0.39, 0.29) is 5.91 Å². The number of aromatic nitrogens is 1. The second-order valence-corrected chi connectivity index (χ2v) is 4.60. The van der Waals surface area contributed by atoms with Crippen molar-refractivity contribution in [2.24, 2.45) is 0 Å². The number of rotatable bonds is 5. The number of amides is 1. The smallest absolute Gasteiger partial charge is 0.254 e. The lowest BCUT2D eigenvalue weighted by atomic mass is 10.1. The summed E-state index contributed by atoms with van der Waals surface area (Å²) in [5.74, 6) is -0.101. The first-order valence-corrected chi connectivity index (χ1v) is 6.67. The summed E-state index contributed by atoms with van der Waals surface area (Å²) in [6.45, 7) is 2.69. The van der Waals surface area contributed by atoms with Crippen molar-refractivity contribution < 1.29 is 4.79 Å². The zero-order chi connectivity index (χ0) is 14.4. The van der Waals surface area contributed by atoms with Crippen LogP contribution >= 0.6 is 0 Å². The van der Waals surface area contributed by atoms with Gasteiger partial charge in [0.2, 0.25) is 0 Å². The first-order chi connectivity index (χ1) is 9.72. The molecule has 0 aliphatic carbocycles. The van der Waals surface area contributed by atoms with E-state index >= 15 is 0 Å². The van der Waals surface area contributed by atoms with Crippen molar-refractivity contribution >= 4 is 11.6 Å². The minimum absolute atomic E-state index is 0.101. The molecule has 0 saturated heterocycles. The van der Waals surface area contributed by atoms with E-state index in [0.29, 0.717) is 12.1 Å². The highest BCUT2D eigenvalue weighted by molar-refractivity contribution is 5.99. The monoisotopic (exact) mass is 269 g/mol. The van der Waals surface area contributed by atoms with Gasteiger partial charge in [-0.2, -0.15) is 0 Å². The highest BCUT2D eigenvalue weighted by Crippen LogP contribution is 2.12. The molecule has 20 heavy (non-hydrogen) atoms. The van der Waals surface area contributed by atoms with Gasteiger partial charge in [0, 0.05) is 31.7 Å².